The second-order valence-corrected chi connectivity index (χ2v) is 7.97. The Morgan fingerprint density at radius 1 is 1.09 bits per heavy atom. The van der Waals surface area contributed by atoms with Gasteiger partial charge in [0.1, 0.15) is 5.56 Å². The minimum absolute atomic E-state index is 0.0967. The van der Waals surface area contributed by atoms with Crippen LogP contribution in [0.5, 0.6) is 0 Å². The summed E-state index contributed by atoms with van der Waals surface area (Å²) in [6.07, 6.45) is 3.50. The molecule has 1 amide bonds. The highest BCUT2D eigenvalue weighted by Gasteiger charge is 2.21. The van der Waals surface area contributed by atoms with Crippen LogP contribution in [0.15, 0.2) is 64.3 Å². The number of benzene rings is 1. The molecular formula is C24H27N5O3. The summed E-state index contributed by atoms with van der Waals surface area (Å²) in [6.45, 7) is 3.87. The first-order chi connectivity index (χ1) is 15.5. The van der Waals surface area contributed by atoms with E-state index >= 15 is 0 Å². The van der Waals surface area contributed by atoms with Gasteiger partial charge in [-0.25, -0.2) is 4.68 Å². The average molecular weight is 434 g/mol. The fraction of sp³-hybridized carbons (Fsp3) is 0.333. The summed E-state index contributed by atoms with van der Waals surface area (Å²) in [5, 5.41) is 10.5. The van der Waals surface area contributed by atoms with E-state index in [0.29, 0.717) is 11.3 Å². The third kappa shape index (κ3) is 4.70. The molecule has 1 aromatic carbocycles. The van der Waals surface area contributed by atoms with Crippen molar-refractivity contribution < 1.29 is 4.79 Å². The van der Waals surface area contributed by atoms with Crippen molar-refractivity contribution in [2.24, 2.45) is 0 Å². The van der Waals surface area contributed by atoms with Crippen LogP contribution in [0.2, 0.25) is 0 Å². The van der Waals surface area contributed by atoms with E-state index in [9.17, 15) is 14.4 Å². The van der Waals surface area contributed by atoms with Crippen LogP contribution in [0.4, 0.5) is 0 Å². The minimum Gasteiger partial charge on any atom is -0.350 e. The van der Waals surface area contributed by atoms with Gasteiger partial charge in [-0.1, -0.05) is 30.3 Å². The summed E-state index contributed by atoms with van der Waals surface area (Å²) in [5.41, 5.74) is 1.87. The highest BCUT2D eigenvalue weighted by molar-refractivity contribution is 5.95. The van der Waals surface area contributed by atoms with E-state index in [1.54, 1.807) is 23.8 Å². The summed E-state index contributed by atoms with van der Waals surface area (Å²) in [5.74, 6) is -0.428. The van der Waals surface area contributed by atoms with Crippen LogP contribution >= 0.6 is 0 Å². The zero-order valence-electron chi connectivity index (χ0n) is 18.1. The van der Waals surface area contributed by atoms with E-state index < -0.39 is 5.91 Å². The van der Waals surface area contributed by atoms with Gasteiger partial charge < -0.3 is 15.2 Å². The standard InChI is InChI=1S/C24H27N5O3/c1-17-11-15-28(19-9-12-25-13-10-19)24(32)22(17)23(31)26-14-16-29-21(30)8-7-20(27-29)18-5-3-2-4-6-18/h2-8,11,15,19,25H,9-10,12-14,16H2,1H3,(H,26,31). The molecule has 0 saturated carbocycles. The maximum absolute atomic E-state index is 13.0. The lowest BCUT2D eigenvalue weighted by atomic mass is 10.0. The van der Waals surface area contributed by atoms with Crippen molar-refractivity contribution in [2.75, 3.05) is 19.6 Å². The van der Waals surface area contributed by atoms with Crippen molar-refractivity contribution in [1.29, 1.82) is 0 Å². The largest absolute Gasteiger partial charge is 0.350 e. The normalized spacial score (nSPS) is 14.3. The molecule has 1 saturated heterocycles. The Morgan fingerprint density at radius 2 is 1.84 bits per heavy atom. The lowest BCUT2D eigenvalue weighted by molar-refractivity contribution is 0.0948. The molecule has 2 N–H and O–H groups in total. The van der Waals surface area contributed by atoms with Crippen LogP contribution in [-0.4, -0.2) is 39.9 Å². The molecule has 0 unspecified atom stereocenters. The van der Waals surface area contributed by atoms with Crippen LogP contribution in [0.3, 0.4) is 0 Å². The van der Waals surface area contributed by atoms with Crippen molar-refractivity contribution in [1.82, 2.24) is 25.0 Å². The Hall–Kier alpha value is -3.52. The van der Waals surface area contributed by atoms with E-state index in [-0.39, 0.29) is 35.8 Å². The van der Waals surface area contributed by atoms with Gasteiger partial charge in [0.25, 0.3) is 17.0 Å². The molecule has 3 heterocycles. The Bertz CT molecular complexity index is 1210. The molecule has 4 rings (SSSR count). The van der Waals surface area contributed by atoms with Gasteiger partial charge in [0.2, 0.25) is 0 Å². The predicted octanol–water partition coefficient (Wildman–Crippen LogP) is 1.73. The molecule has 2 aromatic heterocycles. The van der Waals surface area contributed by atoms with Gasteiger partial charge in [-0.2, -0.15) is 5.10 Å². The summed E-state index contributed by atoms with van der Waals surface area (Å²) in [4.78, 5) is 38.1. The number of nitrogens with zero attached hydrogens (tertiary/aromatic N) is 3. The van der Waals surface area contributed by atoms with Gasteiger partial charge in [0, 0.05) is 30.4 Å². The minimum atomic E-state index is -0.428. The molecule has 1 fully saturated rings. The van der Waals surface area contributed by atoms with Gasteiger partial charge in [0.05, 0.1) is 12.2 Å². The second kappa shape index (κ2) is 9.74. The third-order valence-electron chi connectivity index (χ3n) is 5.80. The van der Waals surface area contributed by atoms with Crippen LogP contribution in [-0.2, 0) is 6.54 Å². The number of amides is 1. The number of rotatable bonds is 6. The van der Waals surface area contributed by atoms with Crippen LogP contribution in [0, 0.1) is 6.92 Å². The lowest BCUT2D eigenvalue weighted by Crippen LogP contribution is -2.39. The van der Waals surface area contributed by atoms with Crippen molar-refractivity contribution in [3.63, 3.8) is 0 Å². The SMILES string of the molecule is Cc1ccn(C2CCNCC2)c(=O)c1C(=O)NCCn1nc(-c2ccccc2)ccc1=O. The molecule has 0 bridgehead atoms. The Balaban J connectivity index is 1.47. The van der Waals surface area contributed by atoms with E-state index in [2.05, 4.69) is 15.7 Å². The first-order valence-corrected chi connectivity index (χ1v) is 10.9. The predicted molar refractivity (Wildman–Crippen MR) is 123 cm³/mol. The van der Waals surface area contributed by atoms with Crippen molar-refractivity contribution in [3.8, 4) is 11.3 Å². The molecule has 8 nitrogen and oxygen atoms in total. The first kappa shape index (κ1) is 21.7. The quantitative estimate of drug-likeness (QED) is 0.617. The molecule has 0 radical (unpaired) electrons. The summed E-state index contributed by atoms with van der Waals surface area (Å²) < 4.78 is 3.01. The number of aryl methyl sites for hydroxylation is 1. The number of nitrogens with one attached hydrogen (secondary N) is 2. The number of carbonyl (C=O) groups excluding carboxylic acids is 1. The molecule has 32 heavy (non-hydrogen) atoms. The fourth-order valence-corrected chi connectivity index (χ4v) is 4.03. The third-order valence-corrected chi connectivity index (χ3v) is 5.80. The maximum atomic E-state index is 13.0. The number of piperidine rings is 1. The summed E-state index contributed by atoms with van der Waals surface area (Å²) in [7, 11) is 0. The van der Waals surface area contributed by atoms with Crippen molar-refractivity contribution >= 4 is 5.91 Å². The van der Waals surface area contributed by atoms with E-state index in [0.717, 1.165) is 31.5 Å². The van der Waals surface area contributed by atoms with Crippen LogP contribution < -0.4 is 21.8 Å². The zero-order chi connectivity index (χ0) is 22.5. The molecule has 0 aliphatic carbocycles. The molecule has 1 aliphatic heterocycles. The molecule has 1 aliphatic rings. The number of hydrogen-bond donors (Lipinski definition) is 2. The van der Waals surface area contributed by atoms with Crippen LogP contribution in [0.25, 0.3) is 11.3 Å². The Labute approximate surface area is 185 Å². The highest BCUT2D eigenvalue weighted by atomic mass is 16.2. The zero-order valence-corrected chi connectivity index (χ0v) is 18.1. The summed E-state index contributed by atoms with van der Waals surface area (Å²) >= 11 is 0. The van der Waals surface area contributed by atoms with Gasteiger partial charge in [-0.15, -0.1) is 0 Å². The molecule has 0 spiro atoms. The van der Waals surface area contributed by atoms with Crippen LogP contribution in [0.1, 0.15) is 34.8 Å². The molecule has 3 aromatic rings. The topological polar surface area (TPSA) is 98.0 Å². The Morgan fingerprint density at radius 3 is 2.59 bits per heavy atom. The number of hydrogen-bond acceptors (Lipinski definition) is 5. The first-order valence-electron chi connectivity index (χ1n) is 10.9. The summed E-state index contributed by atoms with van der Waals surface area (Å²) in [6, 6.07) is 14.6. The highest BCUT2D eigenvalue weighted by Crippen LogP contribution is 2.17. The smallest absolute Gasteiger partial charge is 0.266 e. The van der Waals surface area contributed by atoms with Crippen molar-refractivity contribution in [2.45, 2.75) is 32.4 Å². The molecule has 8 heteroatoms. The molecular weight excluding hydrogens is 406 g/mol. The monoisotopic (exact) mass is 433 g/mol. The lowest BCUT2D eigenvalue weighted by Gasteiger charge is -2.25. The van der Waals surface area contributed by atoms with E-state index in [1.165, 1.54) is 10.7 Å². The van der Waals surface area contributed by atoms with Gasteiger partial charge in [-0.05, 0) is 50.6 Å². The molecule has 0 atom stereocenters. The Kier molecular flexibility index (Phi) is 6.61. The van der Waals surface area contributed by atoms with Gasteiger partial charge in [0.15, 0.2) is 0 Å². The van der Waals surface area contributed by atoms with Gasteiger partial charge in [-0.3, -0.25) is 14.4 Å². The average Bonchev–Trinajstić information content (AvgIpc) is 2.81. The second-order valence-electron chi connectivity index (χ2n) is 7.97. The van der Waals surface area contributed by atoms with Gasteiger partial charge >= 0.3 is 0 Å². The number of aromatic nitrogens is 3. The van der Waals surface area contributed by atoms with E-state index in [1.807, 2.05) is 36.4 Å². The number of pyridine rings is 1. The maximum Gasteiger partial charge on any atom is 0.266 e. The molecule has 166 valence electrons. The number of carbonyl (C=O) groups is 1. The van der Waals surface area contributed by atoms with Crippen molar-refractivity contribution in [3.05, 3.63) is 86.6 Å². The van der Waals surface area contributed by atoms with E-state index in [4.69, 9.17) is 0 Å². The fourth-order valence-electron chi connectivity index (χ4n) is 4.03.